The first-order valence-electron chi connectivity index (χ1n) is 5.37. The minimum absolute atomic E-state index is 0.0964. The molecule has 0 aliphatic carbocycles. The number of carbonyl (C=O) groups is 1. The highest BCUT2D eigenvalue weighted by Gasteiger charge is 2.23. The highest BCUT2D eigenvalue weighted by atomic mass is 16.7. The van der Waals surface area contributed by atoms with Crippen molar-refractivity contribution in [2.24, 2.45) is 0 Å². The zero-order valence-electron chi connectivity index (χ0n) is 9.87. The molecule has 1 N–H and O–H groups in total. The van der Waals surface area contributed by atoms with Crippen LogP contribution in [-0.4, -0.2) is 30.1 Å². The lowest BCUT2D eigenvalue weighted by molar-refractivity contribution is 0.0652. The molecule has 1 aliphatic rings. The number of nitrogens with zero attached hydrogens (tertiary/aromatic N) is 1. The minimum atomic E-state index is -1.18. The van der Waals surface area contributed by atoms with Gasteiger partial charge in [0.2, 0.25) is 12.6 Å². The minimum Gasteiger partial charge on any atom is -0.497 e. The summed E-state index contributed by atoms with van der Waals surface area (Å²) in [4.78, 5) is 10.8. The lowest BCUT2D eigenvalue weighted by Gasteiger charge is -2.05. The van der Waals surface area contributed by atoms with Crippen LogP contribution in [0.25, 0.3) is 11.3 Å². The molecule has 0 radical (unpaired) electrons. The van der Waals surface area contributed by atoms with Crippen molar-refractivity contribution in [3.05, 3.63) is 24.0 Å². The molecule has 0 bridgehead atoms. The molecular formula is C12H9NO6. The Labute approximate surface area is 107 Å². The SMILES string of the molecule is COc1cc2c(c(-c3cc(C(=O)O)on3)c1)OCO2. The normalized spacial score (nSPS) is 12.5. The second kappa shape index (κ2) is 4.20. The van der Waals surface area contributed by atoms with E-state index in [4.69, 9.17) is 23.8 Å². The van der Waals surface area contributed by atoms with E-state index in [0.29, 0.717) is 28.5 Å². The number of ether oxygens (including phenoxy) is 3. The number of aromatic nitrogens is 1. The highest BCUT2D eigenvalue weighted by molar-refractivity contribution is 5.86. The predicted octanol–water partition coefficient (Wildman–Crippen LogP) is 1.78. The van der Waals surface area contributed by atoms with Gasteiger partial charge in [0.1, 0.15) is 11.4 Å². The van der Waals surface area contributed by atoms with Crippen molar-refractivity contribution in [2.75, 3.05) is 13.9 Å². The smallest absolute Gasteiger partial charge is 0.374 e. The number of methoxy groups -OCH3 is 1. The van der Waals surface area contributed by atoms with E-state index in [9.17, 15) is 4.79 Å². The number of aromatic carboxylic acids is 1. The Morgan fingerprint density at radius 3 is 2.89 bits per heavy atom. The van der Waals surface area contributed by atoms with E-state index in [2.05, 4.69) is 5.16 Å². The lowest BCUT2D eigenvalue weighted by atomic mass is 10.1. The molecule has 0 atom stereocenters. The molecular weight excluding hydrogens is 254 g/mol. The molecule has 7 nitrogen and oxygen atoms in total. The third-order valence-corrected chi connectivity index (χ3v) is 2.68. The van der Waals surface area contributed by atoms with Gasteiger partial charge in [-0.1, -0.05) is 5.16 Å². The summed E-state index contributed by atoms with van der Waals surface area (Å²) in [5.41, 5.74) is 0.904. The molecule has 0 saturated heterocycles. The summed E-state index contributed by atoms with van der Waals surface area (Å²) in [6.07, 6.45) is 0. The lowest BCUT2D eigenvalue weighted by Crippen LogP contribution is -1.93. The van der Waals surface area contributed by atoms with Crippen LogP contribution in [0.1, 0.15) is 10.6 Å². The number of benzene rings is 1. The number of hydrogen-bond acceptors (Lipinski definition) is 6. The van der Waals surface area contributed by atoms with Crippen LogP contribution in [0.3, 0.4) is 0 Å². The Kier molecular flexibility index (Phi) is 2.52. The Morgan fingerprint density at radius 1 is 1.37 bits per heavy atom. The van der Waals surface area contributed by atoms with E-state index in [1.54, 1.807) is 12.1 Å². The summed E-state index contributed by atoms with van der Waals surface area (Å²) in [7, 11) is 1.52. The van der Waals surface area contributed by atoms with Gasteiger partial charge in [-0.15, -0.1) is 0 Å². The van der Waals surface area contributed by atoms with Gasteiger partial charge in [-0.3, -0.25) is 0 Å². The predicted molar refractivity (Wildman–Crippen MR) is 61.6 cm³/mol. The first kappa shape index (κ1) is 11.4. The molecule has 1 aromatic heterocycles. The van der Waals surface area contributed by atoms with Gasteiger partial charge in [0.05, 0.1) is 12.7 Å². The largest absolute Gasteiger partial charge is 0.497 e. The summed E-state index contributed by atoms with van der Waals surface area (Å²) >= 11 is 0. The van der Waals surface area contributed by atoms with Crippen LogP contribution in [0.2, 0.25) is 0 Å². The molecule has 0 unspecified atom stereocenters. The molecule has 19 heavy (non-hydrogen) atoms. The number of carboxylic acid groups (broad SMARTS) is 1. The van der Waals surface area contributed by atoms with E-state index < -0.39 is 5.97 Å². The zero-order valence-corrected chi connectivity index (χ0v) is 9.87. The van der Waals surface area contributed by atoms with Crippen molar-refractivity contribution in [2.45, 2.75) is 0 Å². The second-order valence-electron chi connectivity index (χ2n) is 3.79. The van der Waals surface area contributed by atoms with Crippen LogP contribution in [0.4, 0.5) is 0 Å². The summed E-state index contributed by atoms with van der Waals surface area (Å²) in [5, 5.41) is 12.5. The van der Waals surface area contributed by atoms with Gasteiger partial charge < -0.3 is 23.8 Å². The van der Waals surface area contributed by atoms with Gasteiger partial charge in [0, 0.05) is 12.1 Å². The molecule has 98 valence electrons. The van der Waals surface area contributed by atoms with Crippen molar-refractivity contribution in [1.82, 2.24) is 5.16 Å². The molecule has 0 spiro atoms. The molecule has 0 fully saturated rings. The van der Waals surface area contributed by atoms with E-state index in [0.717, 1.165) is 0 Å². The third-order valence-electron chi connectivity index (χ3n) is 2.68. The number of hydrogen-bond donors (Lipinski definition) is 1. The highest BCUT2D eigenvalue weighted by Crippen LogP contribution is 2.44. The maximum Gasteiger partial charge on any atom is 0.374 e. The van der Waals surface area contributed by atoms with Crippen molar-refractivity contribution in [3.8, 4) is 28.5 Å². The number of carboxylic acids is 1. The fraction of sp³-hybridized carbons (Fsp3) is 0.167. The molecule has 2 aromatic rings. The molecule has 0 amide bonds. The van der Waals surface area contributed by atoms with Gasteiger partial charge in [0.25, 0.3) is 0 Å². The van der Waals surface area contributed by atoms with Gasteiger partial charge in [0.15, 0.2) is 11.5 Å². The molecule has 2 heterocycles. The topological polar surface area (TPSA) is 91.0 Å². The van der Waals surface area contributed by atoms with Gasteiger partial charge in [-0.05, 0) is 6.07 Å². The van der Waals surface area contributed by atoms with Gasteiger partial charge in [-0.25, -0.2) is 4.79 Å². The quantitative estimate of drug-likeness (QED) is 0.902. The summed E-state index contributed by atoms with van der Waals surface area (Å²) in [6.45, 7) is 0.0964. The molecule has 0 saturated carbocycles. The first-order chi connectivity index (χ1) is 9.19. The van der Waals surface area contributed by atoms with E-state index in [-0.39, 0.29) is 12.6 Å². The van der Waals surface area contributed by atoms with Crippen LogP contribution in [0, 0.1) is 0 Å². The van der Waals surface area contributed by atoms with Crippen LogP contribution >= 0.6 is 0 Å². The number of rotatable bonds is 3. The fourth-order valence-corrected chi connectivity index (χ4v) is 1.80. The van der Waals surface area contributed by atoms with E-state index in [1.807, 2.05) is 0 Å². The second-order valence-corrected chi connectivity index (χ2v) is 3.79. The van der Waals surface area contributed by atoms with Crippen molar-refractivity contribution in [3.63, 3.8) is 0 Å². The van der Waals surface area contributed by atoms with E-state index in [1.165, 1.54) is 13.2 Å². The van der Waals surface area contributed by atoms with Crippen molar-refractivity contribution < 1.29 is 28.6 Å². The van der Waals surface area contributed by atoms with Gasteiger partial charge in [-0.2, -0.15) is 0 Å². The maximum absolute atomic E-state index is 10.8. The van der Waals surface area contributed by atoms with Gasteiger partial charge >= 0.3 is 5.97 Å². The third kappa shape index (κ3) is 1.85. The Balaban J connectivity index is 2.13. The maximum atomic E-state index is 10.8. The fourth-order valence-electron chi connectivity index (χ4n) is 1.80. The molecule has 1 aliphatic heterocycles. The standard InChI is InChI=1S/C12H9NO6/c1-16-6-2-7(11-9(3-6)17-5-18-11)8-4-10(12(14)15)19-13-8/h2-4H,5H2,1H3,(H,14,15). The van der Waals surface area contributed by atoms with Crippen LogP contribution in [0.5, 0.6) is 17.2 Å². The average molecular weight is 263 g/mol. The Bertz CT molecular complexity index is 648. The van der Waals surface area contributed by atoms with Crippen LogP contribution in [-0.2, 0) is 0 Å². The summed E-state index contributed by atoms with van der Waals surface area (Å²) in [6, 6.07) is 4.68. The Morgan fingerprint density at radius 2 is 2.21 bits per heavy atom. The summed E-state index contributed by atoms with van der Waals surface area (Å²) < 4.78 is 20.5. The first-order valence-corrected chi connectivity index (χ1v) is 5.37. The van der Waals surface area contributed by atoms with Crippen LogP contribution in [0.15, 0.2) is 22.7 Å². The monoisotopic (exact) mass is 263 g/mol. The van der Waals surface area contributed by atoms with Crippen molar-refractivity contribution in [1.29, 1.82) is 0 Å². The molecule has 1 aromatic carbocycles. The average Bonchev–Trinajstić information content (AvgIpc) is 3.06. The summed E-state index contributed by atoms with van der Waals surface area (Å²) in [5.74, 6) is 0.139. The molecule has 7 heteroatoms. The molecule has 3 rings (SSSR count). The van der Waals surface area contributed by atoms with E-state index >= 15 is 0 Å². The van der Waals surface area contributed by atoms with Crippen molar-refractivity contribution >= 4 is 5.97 Å². The zero-order chi connectivity index (χ0) is 13.4. The van der Waals surface area contributed by atoms with Crippen LogP contribution < -0.4 is 14.2 Å². The number of fused-ring (bicyclic) bond motifs is 1. The Hall–Kier alpha value is -2.70.